The van der Waals surface area contributed by atoms with Gasteiger partial charge in [-0.2, -0.15) is 0 Å². The Labute approximate surface area is 107 Å². The number of nitrogens with two attached hydrogens (primary N) is 1. The van der Waals surface area contributed by atoms with Crippen LogP contribution in [0.25, 0.3) is 0 Å². The lowest BCUT2D eigenvalue weighted by Gasteiger charge is -2.08. The molecule has 94 valence electrons. The Kier molecular flexibility index (Phi) is 3.89. The van der Waals surface area contributed by atoms with Crippen LogP contribution in [-0.2, 0) is 13.1 Å². The van der Waals surface area contributed by atoms with Gasteiger partial charge in [-0.15, -0.1) is 0 Å². The molecule has 0 amide bonds. The van der Waals surface area contributed by atoms with Gasteiger partial charge in [-0.1, -0.05) is 23.8 Å². The summed E-state index contributed by atoms with van der Waals surface area (Å²) in [6.07, 6.45) is 1.68. The van der Waals surface area contributed by atoms with Crippen molar-refractivity contribution in [2.45, 2.75) is 26.9 Å². The molecule has 2 aromatic rings. The highest BCUT2D eigenvalue weighted by atomic mass is 15.0. The van der Waals surface area contributed by atoms with Crippen molar-refractivity contribution in [1.82, 2.24) is 15.3 Å². The fourth-order valence-electron chi connectivity index (χ4n) is 1.85. The van der Waals surface area contributed by atoms with Gasteiger partial charge in [0, 0.05) is 12.7 Å². The molecule has 0 aliphatic heterocycles. The molecule has 0 radical (unpaired) electrons. The van der Waals surface area contributed by atoms with Crippen molar-refractivity contribution >= 4 is 5.82 Å². The molecular weight excluding hydrogens is 224 g/mol. The number of hydrogen-bond donors (Lipinski definition) is 2. The van der Waals surface area contributed by atoms with Crippen molar-refractivity contribution in [1.29, 1.82) is 0 Å². The number of hydrogen-bond acceptors (Lipinski definition) is 4. The Bertz CT molecular complexity index is 537. The van der Waals surface area contributed by atoms with E-state index in [1.54, 1.807) is 12.3 Å². The van der Waals surface area contributed by atoms with Crippen LogP contribution in [0.2, 0.25) is 0 Å². The Balaban J connectivity index is 1.92. The minimum absolute atomic E-state index is 0.508. The molecule has 0 aliphatic carbocycles. The summed E-state index contributed by atoms with van der Waals surface area (Å²) in [5.41, 5.74) is 9.49. The molecule has 4 nitrogen and oxygen atoms in total. The quantitative estimate of drug-likeness (QED) is 0.860. The molecule has 4 heteroatoms. The van der Waals surface area contributed by atoms with E-state index in [-0.39, 0.29) is 0 Å². The van der Waals surface area contributed by atoms with E-state index in [4.69, 9.17) is 5.73 Å². The summed E-state index contributed by atoms with van der Waals surface area (Å²) in [6, 6.07) is 8.15. The molecule has 0 aliphatic rings. The molecule has 0 saturated heterocycles. The standard InChI is InChI=1S/C14H18N4/c1-10-3-4-12(11(2)7-10)8-16-9-14-17-6-5-13(15)18-14/h3-7,16H,8-9H2,1-2H3,(H2,15,17,18). The Morgan fingerprint density at radius 1 is 1.17 bits per heavy atom. The van der Waals surface area contributed by atoms with Gasteiger partial charge in [0.25, 0.3) is 0 Å². The van der Waals surface area contributed by atoms with E-state index >= 15 is 0 Å². The number of nitrogens with one attached hydrogen (secondary N) is 1. The van der Waals surface area contributed by atoms with E-state index in [0.29, 0.717) is 12.4 Å². The fourth-order valence-corrected chi connectivity index (χ4v) is 1.85. The van der Waals surface area contributed by atoms with Crippen molar-refractivity contribution in [3.05, 3.63) is 53.0 Å². The molecule has 18 heavy (non-hydrogen) atoms. The highest BCUT2D eigenvalue weighted by Crippen LogP contribution is 2.10. The predicted octanol–water partition coefficient (Wildman–Crippen LogP) is 1.97. The van der Waals surface area contributed by atoms with Crippen molar-refractivity contribution in [2.75, 3.05) is 5.73 Å². The smallest absolute Gasteiger partial charge is 0.144 e. The van der Waals surface area contributed by atoms with E-state index in [1.807, 2.05) is 0 Å². The van der Waals surface area contributed by atoms with E-state index in [0.717, 1.165) is 12.4 Å². The first-order chi connectivity index (χ1) is 8.65. The van der Waals surface area contributed by atoms with Crippen LogP contribution in [0.1, 0.15) is 22.5 Å². The van der Waals surface area contributed by atoms with Crippen molar-refractivity contribution in [3.63, 3.8) is 0 Å². The second-order valence-corrected chi connectivity index (χ2v) is 4.43. The first kappa shape index (κ1) is 12.5. The van der Waals surface area contributed by atoms with Gasteiger partial charge < -0.3 is 11.1 Å². The van der Waals surface area contributed by atoms with Gasteiger partial charge in [-0.05, 0) is 31.0 Å². The Morgan fingerprint density at radius 2 is 2.00 bits per heavy atom. The lowest BCUT2D eigenvalue weighted by Crippen LogP contribution is -2.16. The second-order valence-electron chi connectivity index (χ2n) is 4.43. The maximum atomic E-state index is 5.60. The minimum Gasteiger partial charge on any atom is -0.384 e. The van der Waals surface area contributed by atoms with Crippen molar-refractivity contribution in [3.8, 4) is 0 Å². The monoisotopic (exact) mass is 242 g/mol. The summed E-state index contributed by atoms with van der Waals surface area (Å²) >= 11 is 0. The lowest BCUT2D eigenvalue weighted by atomic mass is 10.1. The maximum absolute atomic E-state index is 5.60. The summed E-state index contributed by atoms with van der Waals surface area (Å²) in [7, 11) is 0. The van der Waals surface area contributed by atoms with Crippen LogP contribution in [0.3, 0.4) is 0 Å². The van der Waals surface area contributed by atoms with Crippen LogP contribution < -0.4 is 11.1 Å². The molecule has 0 spiro atoms. The molecular formula is C14H18N4. The summed E-state index contributed by atoms with van der Waals surface area (Å²) in [5.74, 6) is 1.23. The molecule has 0 fully saturated rings. The molecule has 0 bridgehead atoms. The average molecular weight is 242 g/mol. The van der Waals surface area contributed by atoms with Gasteiger partial charge in [-0.25, -0.2) is 9.97 Å². The normalized spacial score (nSPS) is 10.6. The Morgan fingerprint density at radius 3 is 2.72 bits per heavy atom. The average Bonchev–Trinajstić information content (AvgIpc) is 2.32. The van der Waals surface area contributed by atoms with Crippen LogP contribution in [0, 0.1) is 13.8 Å². The molecule has 0 saturated carbocycles. The molecule has 1 aromatic carbocycles. The minimum atomic E-state index is 0.508. The van der Waals surface area contributed by atoms with Gasteiger partial charge in [0.05, 0.1) is 6.54 Å². The number of nitrogens with zero attached hydrogens (tertiary/aromatic N) is 2. The number of aryl methyl sites for hydroxylation is 2. The van der Waals surface area contributed by atoms with E-state index < -0.39 is 0 Å². The molecule has 2 rings (SSSR count). The van der Waals surface area contributed by atoms with Gasteiger partial charge in [0.2, 0.25) is 0 Å². The number of nitrogen functional groups attached to an aromatic ring is 1. The van der Waals surface area contributed by atoms with Crippen LogP contribution in [0.4, 0.5) is 5.82 Å². The largest absolute Gasteiger partial charge is 0.384 e. The third-order valence-electron chi connectivity index (χ3n) is 2.82. The summed E-state index contributed by atoms with van der Waals surface area (Å²) in [6.45, 7) is 5.66. The van der Waals surface area contributed by atoms with Gasteiger partial charge >= 0.3 is 0 Å². The van der Waals surface area contributed by atoms with Gasteiger partial charge in [-0.3, -0.25) is 0 Å². The zero-order valence-corrected chi connectivity index (χ0v) is 10.8. The van der Waals surface area contributed by atoms with Crippen molar-refractivity contribution in [2.24, 2.45) is 0 Å². The number of benzene rings is 1. The molecule has 0 atom stereocenters. The summed E-state index contributed by atoms with van der Waals surface area (Å²) < 4.78 is 0. The topological polar surface area (TPSA) is 63.8 Å². The molecule has 1 heterocycles. The van der Waals surface area contributed by atoms with Crippen LogP contribution >= 0.6 is 0 Å². The van der Waals surface area contributed by atoms with E-state index in [9.17, 15) is 0 Å². The lowest BCUT2D eigenvalue weighted by molar-refractivity contribution is 0.661. The summed E-state index contributed by atoms with van der Waals surface area (Å²) in [5, 5.41) is 3.32. The zero-order chi connectivity index (χ0) is 13.0. The third kappa shape index (κ3) is 3.28. The molecule has 0 unspecified atom stereocenters. The number of aromatic nitrogens is 2. The SMILES string of the molecule is Cc1ccc(CNCc2nccc(N)n2)c(C)c1. The number of rotatable bonds is 4. The van der Waals surface area contributed by atoms with Crippen LogP contribution in [0.5, 0.6) is 0 Å². The zero-order valence-electron chi connectivity index (χ0n) is 10.8. The first-order valence-electron chi connectivity index (χ1n) is 5.99. The molecule has 3 N–H and O–H groups in total. The molecule has 1 aromatic heterocycles. The van der Waals surface area contributed by atoms with Gasteiger partial charge in [0.1, 0.15) is 11.6 Å². The predicted molar refractivity (Wildman–Crippen MR) is 72.9 cm³/mol. The second kappa shape index (κ2) is 5.60. The van der Waals surface area contributed by atoms with Crippen molar-refractivity contribution < 1.29 is 0 Å². The summed E-state index contributed by atoms with van der Waals surface area (Å²) in [4.78, 5) is 8.30. The maximum Gasteiger partial charge on any atom is 0.144 e. The van der Waals surface area contributed by atoms with Crippen LogP contribution in [-0.4, -0.2) is 9.97 Å². The van der Waals surface area contributed by atoms with E-state index in [2.05, 4.69) is 47.3 Å². The third-order valence-corrected chi connectivity index (χ3v) is 2.82. The highest BCUT2D eigenvalue weighted by Gasteiger charge is 2.00. The van der Waals surface area contributed by atoms with Gasteiger partial charge in [0.15, 0.2) is 0 Å². The van der Waals surface area contributed by atoms with Crippen LogP contribution in [0.15, 0.2) is 30.5 Å². The fraction of sp³-hybridized carbons (Fsp3) is 0.286. The Hall–Kier alpha value is -1.94. The number of anilines is 1. The first-order valence-corrected chi connectivity index (χ1v) is 5.99. The van der Waals surface area contributed by atoms with E-state index in [1.165, 1.54) is 16.7 Å². The highest BCUT2D eigenvalue weighted by molar-refractivity contribution is 5.30.